The molecular weight excluding hydrogens is 504 g/mol. The number of imide groups is 1. The molecule has 1 aromatic heterocycles. The van der Waals surface area contributed by atoms with E-state index in [1.807, 2.05) is 42.5 Å². The highest BCUT2D eigenvalue weighted by Gasteiger charge is 2.35. The van der Waals surface area contributed by atoms with Gasteiger partial charge in [0.2, 0.25) is 0 Å². The predicted octanol–water partition coefficient (Wildman–Crippen LogP) is 6.78. The monoisotopic (exact) mass is 520 g/mol. The fraction of sp³-hybridized carbons (Fsp3) is 0.0769. The number of hydrogen-bond donors (Lipinski definition) is 0. The highest BCUT2D eigenvalue weighted by atomic mass is 35.5. The molecule has 0 atom stereocenters. The molecule has 1 aliphatic heterocycles. The third kappa shape index (κ3) is 4.71. The molecule has 2 heterocycles. The van der Waals surface area contributed by atoms with Gasteiger partial charge in [0, 0.05) is 29.2 Å². The largest absolute Gasteiger partial charge is 0.491 e. The van der Waals surface area contributed by atoms with Crippen LogP contribution in [0, 0.1) is 10.1 Å². The minimum atomic E-state index is -0.535. The van der Waals surface area contributed by atoms with Crippen LogP contribution in [0.1, 0.15) is 5.76 Å². The van der Waals surface area contributed by atoms with Gasteiger partial charge in [-0.05, 0) is 41.4 Å². The SMILES string of the molecule is O=C1S/C(=C\c2ccc(-c3ccc([N+](=O)[O-])cc3Cl)o2)C(=O)N1CCOc1cccc2ccccc12. The van der Waals surface area contributed by atoms with Gasteiger partial charge in [0.1, 0.15) is 23.9 Å². The Balaban J connectivity index is 1.26. The maximum Gasteiger partial charge on any atom is 0.293 e. The van der Waals surface area contributed by atoms with Gasteiger partial charge in [-0.15, -0.1) is 0 Å². The summed E-state index contributed by atoms with van der Waals surface area (Å²) < 4.78 is 11.6. The van der Waals surface area contributed by atoms with Gasteiger partial charge in [0.15, 0.2) is 0 Å². The first-order valence-electron chi connectivity index (χ1n) is 10.8. The number of nitro groups is 1. The van der Waals surface area contributed by atoms with E-state index in [1.54, 1.807) is 12.1 Å². The molecule has 0 radical (unpaired) electrons. The number of nitrogens with zero attached hydrogens (tertiary/aromatic N) is 2. The lowest BCUT2D eigenvalue weighted by Gasteiger charge is -2.14. The summed E-state index contributed by atoms with van der Waals surface area (Å²) in [6, 6.07) is 20.9. The van der Waals surface area contributed by atoms with Gasteiger partial charge in [0.05, 0.1) is 21.4 Å². The topological polar surface area (TPSA) is 103 Å². The molecule has 1 aliphatic rings. The molecular formula is C26H17ClN2O6S. The zero-order valence-electron chi connectivity index (χ0n) is 18.5. The lowest BCUT2D eigenvalue weighted by atomic mass is 10.1. The van der Waals surface area contributed by atoms with Crippen molar-refractivity contribution in [3.05, 3.63) is 98.6 Å². The van der Waals surface area contributed by atoms with E-state index in [0.717, 1.165) is 27.4 Å². The normalized spacial score (nSPS) is 14.7. The van der Waals surface area contributed by atoms with E-state index in [-0.39, 0.29) is 28.8 Å². The number of furan rings is 1. The Labute approximate surface area is 214 Å². The van der Waals surface area contributed by atoms with Crippen molar-refractivity contribution < 1.29 is 23.7 Å². The van der Waals surface area contributed by atoms with Crippen LogP contribution in [0.4, 0.5) is 10.5 Å². The molecule has 0 spiro atoms. The second kappa shape index (κ2) is 9.88. The number of carbonyl (C=O) groups is 2. The van der Waals surface area contributed by atoms with E-state index in [2.05, 4.69) is 0 Å². The van der Waals surface area contributed by atoms with Crippen LogP contribution in [0.3, 0.4) is 0 Å². The van der Waals surface area contributed by atoms with E-state index >= 15 is 0 Å². The number of rotatable bonds is 7. The maximum absolute atomic E-state index is 12.8. The van der Waals surface area contributed by atoms with E-state index in [9.17, 15) is 19.7 Å². The average Bonchev–Trinajstić information content (AvgIpc) is 3.43. The molecule has 5 rings (SSSR count). The van der Waals surface area contributed by atoms with Gasteiger partial charge in [-0.2, -0.15) is 0 Å². The molecule has 0 aliphatic carbocycles. The fourth-order valence-electron chi connectivity index (χ4n) is 3.78. The van der Waals surface area contributed by atoms with Crippen molar-refractivity contribution in [1.82, 2.24) is 4.90 Å². The van der Waals surface area contributed by atoms with Crippen LogP contribution < -0.4 is 4.74 Å². The van der Waals surface area contributed by atoms with Crippen LogP contribution in [0.5, 0.6) is 5.75 Å². The highest BCUT2D eigenvalue weighted by Crippen LogP contribution is 2.35. The number of non-ortho nitro benzene ring substituents is 1. The summed E-state index contributed by atoms with van der Waals surface area (Å²) in [6.45, 7) is 0.260. The van der Waals surface area contributed by atoms with Gasteiger partial charge in [-0.3, -0.25) is 24.6 Å². The first-order chi connectivity index (χ1) is 17.4. The van der Waals surface area contributed by atoms with Crippen LogP contribution in [0.25, 0.3) is 28.2 Å². The second-order valence-electron chi connectivity index (χ2n) is 7.78. The first kappa shape index (κ1) is 23.7. The zero-order valence-corrected chi connectivity index (χ0v) is 20.1. The van der Waals surface area contributed by atoms with Gasteiger partial charge in [-0.25, -0.2) is 0 Å². The highest BCUT2D eigenvalue weighted by molar-refractivity contribution is 8.18. The summed E-state index contributed by atoms with van der Waals surface area (Å²) in [7, 11) is 0. The fourth-order valence-corrected chi connectivity index (χ4v) is 4.90. The van der Waals surface area contributed by atoms with E-state index in [0.29, 0.717) is 22.8 Å². The van der Waals surface area contributed by atoms with Crippen molar-refractivity contribution >= 4 is 57.0 Å². The molecule has 3 aromatic carbocycles. The second-order valence-corrected chi connectivity index (χ2v) is 9.18. The standard InChI is InChI=1S/C26H17ClN2O6S/c27-21-14-17(29(32)33)8-10-20(21)23-11-9-18(35-23)15-24-25(30)28(26(31)36-24)12-13-34-22-7-3-5-16-4-1-2-6-19(16)22/h1-11,14-15H,12-13H2/b24-15-. The molecule has 0 saturated carbocycles. The quantitative estimate of drug-likeness (QED) is 0.150. The maximum atomic E-state index is 12.8. The van der Waals surface area contributed by atoms with E-state index < -0.39 is 16.1 Å². The Morgan fingerprint density at radius 1 is 1.06 bits per heavy atom. The van der Waals surface area contributed by atoms with Crippen LogP contribution in [0.15, 0.2) is 82.1 Å². The molecule has 1 fully saturated rings. The van der Waals surface area contributed by atoms with Crippen molar-refractivity contribution in [3.8, 4) is 17.1 Å². The van der Waals surface area contributed by atoms with Crippen molar-refractivity contribution in [1.29, 1.82) is 0 Å². The number of benzene rings is 3. The molecule has 36 heavy (non-hydrogen) atoms. The number of halogens is 1. The minimum Gasteiger partial charge on any atom is -0.491 e. The van der Waals surface area contributed by atoms with Gasteiger partial charge in [0.25, 0.3) is 16.8 Å². The Morgan fingerprint density at radius 3 is 2.67 bits per heavy atom. The van der Waals surface area contributed by atoms with E-state index in [1.165, 1.54) is 24.3 Å². The summed E-state index contributed by atoms with van der Waals surface area (Å²) in [5.74, 6) is 0.974. The van der Waals surface area contributed by atoms with Crippen molar-refractivity contribution in [2.24, 2.45) is 0 Å². The number of fused-ring (bicyclic) bond motifs is 1. The molecule has 1 saturated heterocycles. The lowest BCUT2D eigenvalue weighted by molar-refractivity contribution is -0.384. The minimum absolute atomic E-state index is 0.104. The summed E-state index contributed by atoms with van der Waals surface area (Å²) in [5.41, 5.74) is 0.342. The molecule has 4 aromatic rings. The predicted molar refractivity (Wildman–Crippen MR) is 138 cm³/mol. The van der Waals surface area contributed by atoms with E-state index in [4.69, 9.17) is 20.8 Å². The smallest absolute Gasteiger partial charge is 0.293 e. The molecule has 2 amide bonds. The van der Waals surface area contributed by atoms with Crippen LogP contribution in [-0.4, -0.2) is 34.1 Å². The number of hydrogen-bond acceptors (Lipinski definition) is 7. The number of ether oxygens (including phenoxy) is 1. The van der Waals surface area contributed by atoms with Crippen LogP contribution >= 0.6 is 23.4 Å². The third-order valence-electron chi connectivity index (χ3n) is 5.52. The molecule has 0 unspecified atom stereocenters. The molecule has 10 heteroatoms. The average molecular weight is 521 g/mol. The Bertz CT molecular complexity index is 1540. The Hall–Kier alpha value is -4.08. The molecule has 180 valence electrons. The molecule has 0 N–H and O–H groups in total. The lowest BCUT2D eigenvalue weighted by Crippen LogP contribution is -2.32. The summed E-state index contributed by atoms with van der Waals surface area (Å²) in [5, 5.41) is 12.7. The van der Waals surface area contributed by atoms with Gasteiger partial charge in [-0.1, -0.05) is 48.0 Å². The van der Waals surface area contributed by atoms with Crippen molar-refractivity contribution in [3.63, 3.8) is 0 Å². The summed E-state index contributed by atoms with van der Waals surface area (Å²) in [4.78, 5) is 37.0. The van der Waals surface area contributed by atoms with Gasteiger partial charge >= 0.3 is 0 Å². The van der Waals surface area contributed by atoms with Crippen molar-refractivity contribution in [2.75, 3.05) is 13.2 Å². The van der Waals surface area contributed by atoms with Crippen LogP contribution in [-0.2, 0) is 4.79 Å². The number of amides is 2. The zero-order chi connectivity index (χ0) is 25.2. The molecule has 0 bridgehead atoms. The Kier molecular flexibility index (Phi) is 6.49. The molecule has 8 nitrogen and oxygen atoms in total. The first-order valence-corrected chi connectivity index (χ1v) is 12.0. The summed E-state index contributed by atoms with van der Waals surface area (Å²) in [6.07, 6.45) is 1.49. The summed E-state index contributed by atoms with van der Waals surface area (Å²) >= 11 is 6.99. The number of nitro benzene ring substituents is 1. The van der Waals surface area contributed by atoms with Gasteiger partial charge < -0.3 is 9.15 Å². The van der Waals surface area contributed by atoms with Crippen molar-refractivity contribution in [2.45, 2.75) is 0 Å². The number of carbonyl (C=O) groups excluding carboxylic acids is 2. The van der Waals surface area contributed by atoms with Crippen LogP contribution in [0.2, 0.25) is 5.02 Å². The third-order valence-corrected chi connectivity index (χ3v) is 6.74. The number of thioether (sulfide) groups is 1. The Morgan fingerprint density at radius 2 is 1.86 bits per heavy atom.